The Kier molecular flexibility index (Phi) is 5.73. The van der Waals surface area contributed by atoms with Gasteiger partial charge in [0, 0.05) is 42.3 Å². The summed E-state index contributed by atoms with van der Waals surface area (Å²) in [6.07, 6.45) is 4.43. The molecule has 2 aliphatic rings. The lowest BCUT2D eigenvalue weighted by Crippen LogP contribution is -2.37. The first kappa shape index (κ1) is 22.5. The van der Waals surface area contributed by atoms with E-state index in [1.54, 1.807) is 0 Å². The predicted molar refractivity (Wildman–Crippen MR) is 140 cm³/mol. The minimum absolute atomic E-state index is 0.435. The van der Waals surface area contributed by atoms with Gasteiger partial charge in [0.1, 0.15) is 5.82 Å². The van der Waals surface area contributed by atoms with E-state index in [1.165, 1.54) is 12.8 Å². The van der Waals surface area contributed by atoms with Crippen molar-refractivity contribution in [2.24, 2.45) is 5.41 Å². The van der Waals surface area contributed by atoms with Crippen molar-refractivity contribution in [1.82, 2.24) is 29.4 Å². The molecular weight excluding hydrogens is 438 g/mol. The molecule has 0 atom stereocenters. The zero-order chi connectivity index (χ0) is 24.0. The van der Waals surface area contributed by atoms with Gasteiger partial charge in [0.15, 0.2) is 22.8 Å². The van der Waals surface area contributed by atoms with Crippen LogP contribution in [0.25, 0.3) is 33.5 Å². The van der Waals surface area contributed by atoms with Crippen molar-refractivity contribution < 1.29 is 4.74 Å². The number of morpholine rings is 1. The Balaban J connectivity index is 1.47. The van der Waals surface area contributed by atoms with Crippen molar-refractivity contribution in [3.63, 3.8) is 0 Å². The van der Waals surface area contributed by atoms with Crippen molar-refractivity contribution >= 4 is 27.9 Å². The van der Waals surface area contributed by atoms with Crippen molar-refractivity contribution in [3.8, 4) is 11.4 Å². The third-order valence-electron chi connectivity index (χ3n) is 7.69. The number of H-pyrrole nitrogens is 1. The zero-order valence-electron chi connectivity index (χ0n) is 21.0. The Hall–Kier alpha value is -2.97. The number of rotatable bonds is 5. The van der Waals surface area contributed by atoms with Crippen LogP contribution in [0.15, 0.2) is 30.5 Å². The molecule has 1 aromatic carbocycles. The van der Waals surface area contributed by atoms with Gasteiger partial charge in [-0.25, -0.2) is 15.0 Å². The number of fused-ring (bicyclic) bond motifs is 2. The molecule has 0 saturated carbocycles. The Morgan fingerprint density at radius 3 is 2.57 bits per heavy atom. The second-order valence-corrected chi connectivity index (χ2v) is 10.6. The van der Waals surface area contributed by atoms with E-state index in [4.69, 9.17) is 19.7 Å². The number of ether oxygens (including phenoxy) is 1. The first-order valence-electron chi connectivity index (χ1n) is 12.9. The molecule has 8 heteroatoms. The fraction of sp³-hybridized carbons (Fsp3) is 0.519. The molecule has 0 spiro atoms. The van der Waals surface area contributed by atoms with Gasteiger partial charge in [-0.15, -0.1) is 0 Å². The van der Waals surface area contributed by atoms with E-state index in [0.29, 0.717) is 18.6 Å². The average Bonchev–Trinajstić information content (AvgIpc) is 3.49. The molecular formula is C27H35N7O. The van der Waals surface area contributed by atoms with Crippen molar-refractivity contribution in [2.45, 2.75) is 46.7 Å². The van der Waals surface area contributed by atoms with Crippen molar-refractivity contribution in [2.75, 3.05) is 44.3 Å². The fourth-order valence-corrected chi connectivity index (χ4v) is 5.40. The Labute approximate surface area is 206 Å². The number of hydrogen-bond donors (Lipinski definition) is 1. The molecule has 2 saturated heterocycles. The minimum atomic E-state index is 0.435. The molecule has 2 fully saturated rings. The summed E-state index contributed by atoms with van der Waals surface area (Å²) in [5, 5.41) is 1.14. The number of aromatic amines is 1. The lowest BCUT2D eigenvalue weighted by atomic mass is 9.83. The Morgan fingerprint density at radius 1 is 1.00 bits per heavy atom. The van der Waals surface area contributed by atoms with E-state index in [0.717, 1.165) is 84.4 Å². The molecule has 5 heterocycles. The van der Waals surface area contributed by atoms with E-state index in [9.17, 15) is 0 Å². The summed E-state index contributed by atoms with van der Waals surface area (Å²) in [4.78, 5) is 23.6. The van der Waals surface area contributed by atoms with Gasteiger partial charge in [0.25, 0.3) is 0 Å². The summed E-state index contributed by atoms with van der Waals surface area (Å²) < 4.78 is 7.93. The number of anilines is 1. The highest BCUT2D eigenvalue weighted by Gasteiger charge is 2.28. The predicted octanol–water partition coefficient (Wildman–Crippen LogP) is 4.45. The van der Waals surface area contributed by atoms with Crippen LogP contribution >= 0.6 is 0 Å². The molecule has 8 nitrogen and oxygen atoms in total. The van der Waals surface area contributed by atoms with E-state index in [1.807, 2.05) is 6.20 Å². The molecule has 0 bridgehead atoms. The highest BCUT2D eigenvalue weighted by Crippen LogP contribution is 2.33. The van der Waals surface area contributed by atoms with Crippen LogP contribution in [0.5, 0.6) is 0 Å². The molecule has 184 valence electrons. The van der Waals surface area contributed by atoms with Gasteiger partial charge in [0.05, 0.1) is 19.8 Å². The largest absolute Gasteiger partial charge is 0.378 e. The molecule has 1 N–H and O–H groups in total. The molecule has 35 heavy (non-hydrogen) atoms. The topological polar surface area (TPSA) is 75.1 Å². The maximum absolute atomic E-state index is 5.64. The summed E-state index contributed by atoms with van der Waals surface area (Å²) in [6, 6.07) is 8.38. The molecule has 4 aromatic rings. The van der Waals surface area contributed by atoms with Crippen LogP contribution in [0.2, 0.25) is 0 Å². The number of hydrogen-bond acceptors (Lipinski definition) is 6. The number of aromatic nitrogens is 5. The Bertz CT molecular complexity index is 1340. The number of aryl methyl sites for hydroxylation is 1. The highest BCUT2D eigenvalue weighted by molar-refractivity contribution is 5.95. The Morgan fingerprint density at radius 2 is 1.80 bits per heavy atom. The maximum Gasteiger partial charge on any atom is 0.166 e. The molecule has 0 unspecified atom stereocenters. The second kappa shape index (κ2) is 8.91. The van der Waals surface area contributed by atoms with Gasteiger partial charge in [-0.05, 0) is 50.4 Å². The molecule has 0 amide bonds. The maximum atomic E-state index is 5.64. The SMILES string of the molecule is CCn1c(CN2CCC(C)(C)CC2)nc2c(N3CCOCC3)nc(-c3cccc4[nH]ccc34)nc21. The van der Waals surface area contributed by atoms with Crippen LogP contribution in [0.3, 0.4) is 0 Å². The van der Waals surface area contributed by atoms with E-state index in [2.05, 4.69) is 64.4 Å². The number of imidazole rings is 1. The standard InChI is InChI=1S/C27H35N7O/c1-4-34-22(18-32-12-9-27(2,3)10-13-32)29-23-25(33-14-16-35-17-15-33)30-24(31-26(23)34)20-6-5-7-21-19(20)8-11-28-21/h5-8,11,28H,4,9-10,12-18H2,1-3H3. The van der Waals surface area contributed by atoms with Crippen LogP contribution in [0, 0.1) is 5.41 Å². The van der Waals surface area contributed by atoms with Gasteiger partial charge in [0.2, 0.25) is 0 Å². The highest BCUT2D eigenvalue weighted by atomic mass is 16.5. The van der Waals surface area contributed by atoms with Gasteiger partial charge in [-0.2, -0.15) is 0 Å². The molecule has 2 aliphatic heterocycles. The van der Waals surface area contributed by atoms with Gasteiger partial charge in [-0.3, -0.25) is 4.90 Å². The van der Waals surface area contributed by atoms with E-state index < -0.39 is 0 Å². The molecule has 0 radical (unpaired) electrons. The molecule has 6 rings (SSSR count). The minimum Gasteiger partial charge on any atom is -0.378 e. The smallest absolute Gasteiger partial charge is 0.166 e. The lowest BCUT2D eigenvalue weighted by Gasteiger charge is -2.36. The van der Waals surface area contributed by atoms with Crippen LogP contribution < -0.4 is 4.90 Å². The summed E-state index contributed by atoms with van der Waals surface area (Å²) in [5.74, 6) is 2.77. The second-order valence-electron chi connectivity index (χ2n) is 10.6. The van der Waals surface area contributed by atoms with Crippen molar-refractivity contribution in [1.29, 1.82) is 0 Å². The van der Waals surface area contributed by atoms with Crippen molar-refractivity contribution in [3.05, 3.63) is 36.3 Å². The van der Waals surface area contributed by atoms with Crippen LogP contribution in [-0.2, 0) is 17.8 Å². The van der Waals surface area contributed by atoms with Gasteiger partial charge >= 0.3 is 0 Å². The average molecular weight is 474 g/mol. The van der Waals surface area contributed by atoms with Gasteiger partial charge in [-0.1, -0.05) is 26.0 Å². The molecule has 3 aromatic heterocycles. The zero-order valence-corrected chi connectivity index (χ0v) is 21.0. The number of piperidine rings is 1. The number of nitrogens with one attached hydrogen (secondary N) is 1. The normalized spacial score (nSPS) is 19.1. The quantitative estimate of drug-likeness (QED) is 0.462. The summed E-state index contributed by atoms with van der Waals surface area (Å²) in [7, 11) is 0. The summed E-state index contributed by atoms with van der Waals surface area (Å²) in [5.41, 5.74) is 4.41. The first-order chi connectivity index (χ1) is 17.0. The number of nitrogens with zero attached hydrogens (tertiary/aromatic N) is 6. The number of likely N-dealkylation sites (tertiary alicyclic amines) is 1. The van der Waals surface area contributed by atoms with Crippen LogP contribution in [0.1, 0.15) is 39.4 Å². The van der Waals surface area contributed by atoms with Gasteiger partial charge < -0.3 is 19.2 Å². The summed E-state index contributed by atoms with van der Waals surface area (Å²) in [6.45, 7) is 13.9. The molecule has 0 aliphatic carbocycles. The number of benzene rings is 1. The monoisotopic (exact) mass is 473 g/mol. The third-order valence-corrected chi connectivity index (χ3v) is 7.69. The van der Waals surface area contributed by atoms with E-state index in [-0.39, 0.29) is 0 Å². The third kappa shape index (κ3) is 4.19. The fourth-order valence-electron chi connectivity index (χ4n) is 5.40. The lowest BCUT2D eigenvalue weighted by molar-refractivity contribution is 0.122. The first-order valence-corrected chi connectivity index (χ1v) is 12.9. The van der Waals surface area contributed by atoms with E-state index >= 15 is 0 Å². The van der Waals surface area contributed by atoms with Crippen LogP contribution in [-0.4, -0.2) is 68.8 Å². The summed E-state index contributed by atoms with van der Waals surface area (Å²) >= 11 is 0. The van der Waals surface area contributed by atoms with Crippen LogP contribution in [0.4, 0.5) is 5.82 Å².